The molecule has 2 rings (SSSR count). The van der Waals surface area contributed by atoms with Crippen LogP contribution in [0.3, 0.4) is 0 Å². The Kier molecular flexibility index (Phi) is 4.75. The Labute approximate surface area is 150 Å². The zero-order chi connectivity index (χ0) is 20.1. The molecule has 0 aromatic carbocycles. The molecule has 0 bridgehead atoms. The number of fused-ring (bicyclic) bond motifs is 1. The van der Waals surface area contributed by atoms with Gasteiger partial charge in [-0.3, -0.25) is 0 Å². The SMILES string of the molecule is COc1nn(C(=O)OC(C)(C)C)c2nc(S(C)(=O)=O)nc(S(C)(=O)=O)c12. The van der Waals surface area contributed by atoms with Gasteiger partial charge in [0.1, 0.15) is 11.0 Å². The number of rotatable bonds is 3. The first kappa shape index (κ1) is 20.0. The van der Waals surface area contributed by atoms with Gasteiger partial charge >= 0.3 is 6.09 Å². The Morgan fingerprint density at radius 1 is 1.04 bits per heavy atom. The van der Waals surface area contributed by atoms with Crippen molar-refractivity contribution < 1.29 is 31.1 Å². The maximum atomic E-state index is 12.4. The Balaban J connectivity index is 2.96. The summed E-state index contributed by atoms with van der Waals surface area (Å²) < 4.78 is 58.8. The summed E-state index contributed by atoms with van der Waals surface area (Å²) in [6.07, 6.45) is 0.667. The average Bonchev–Trinajstić information content (AvgIpc) is 2.81. The molecule has 144 valence electrons. The molecule has 11 nitrogen and oxygen atoms in total. The summed E-state index contributed by atoms with van der Waals surface area (Å²) in [5.74, 6) is -0.258. The lowest BCUT2D eigenvalue weighted by molar-refractivity contribution is 0.0519. The number of hydrogen-bond donors (Lipinski definition) is 0. The van der Waals surface area contributed by atoms with Gasteiger partial charge in [0.05, 0.1) is 7.11 Å². The normalized spacial score (nSPS) is 13.0. The van der Waals surface area contributed by atoms with Crippen LogP contribution in [-0.4, -0.2) is 67.9 Å². The van der Waals surface area contributed by atoms with E-state index in [0.29, 0.717) is 4.68 Å². The highest BCUT2D eigenvalue weighted by molar-refractivity contribution is 7.91. The molecule has 0 fully saturated rings. The zero-order valence-corrected chi connectivity index (χ0v) is 16.6. The molecule has 0 aliphatic rings. The van der Waals surface area contributed by atoms with Crippen molar-refractivity contribution in [1.82, 2.24) is 19.7 Å². The van der Waals surface area contributed by atoms with Crippen molar-refractivity contribution >= 4 is 36.8 Å². The van der Waals surface area contributed by atoms with Crippen molar-refractivity contribution in [1.29, 1.82) is 0 Å². The summed E-state index contributed by atoms with van der Waals surface area (Å²) in [7, 11) is -6.76. The standard InChI is InChI=1S/C13H18N4O7S2/c1-13(2,3)24-12(18)17-8-7(9(16-17)23-4)10(25(5,19)20)15-11(14-8)26(6,21)22/h1-6H3. The Morgan fingerprint density at radius 2 is 1.62 bits per heavy atom. The van der Waals surface area contributed by atoms with Crippen LogP contribution in [0, 0.1) is 0 Å². The molecule has 0 amide bonds. The van der Waals surface area contributed by atoms with Crippen LogP contribution >= 0.6 is 0 Å². The molecule has 2 aromatic rings. The highest BCUT2D eigenvalue weighted by atomic mass is 32.2. The van der Waals surface area contributed by atoms with E-state index >= 15 is 0 Å². The lowest BCUT2D eigenvalue weighted by Crippen LogP contribution is -2.28. The second-order valence-corrected chi connectivity index (χ2v) is 10.3. The third-order valence-electron chi connectivity index (χ3n) is 2.88. The van der Waals surface area contributed by atoms with Gasteiger partial charge in [-0.05, 0) is 20.8 Å². The van der Waals surface area contributed by atoms with Crippen molar-refractivity contribution in [2.24, 2.45) is 0 Å². The highest BCUT2D eigenvalue weighted by Crippen LogP contribution is 2.30. The van der Waals surface area contributed by atoms with Crippen molar-refractivity contribution in [2.75, 3.05) is 19.6 Å². The summed E-state index contributed by atoms with van der Waals surface area (Å²) in [5.41, 5.74) is -1.23. The number of carbonyl (C=O) groups excluding carboxylic acids is 1. The number of hydrogen-bond acceptors (Lipinski definition) is 10. The van der Waals surface area contributed by atoms with E-state index in [4.69, 9.17) is 9.47 Å². The molecule has 0 aliphatic carbocycles. The maximum Gasteiger partial charge on any atom is 0.437 e. The molecule has 2 heterocycles. The summed E-state index contributed by atoms with van der Waals surface area (Å²) in [4.78, 5) is 19.8. The topological polar surface area (TPSA) is 147 Å². The maximum absolute atomic E-state index is 12.4. The van der Waals surface area contributed by atoms with E-state index in [-0.39, 0.29) is 16.9 Å². The van der Waals surface area contributed by atoms with Gasteiger partial charge in [0.25, 0.3) is 0 Å². The zero-order valence-electron chi connectivity index (χ0n) is 15.0. The lowest BCUT2D eigenvalue weighted by Gasteiger charge is -2.18. The fourth-order valence-corrected chi connectivity index (χ4v) is 3.32. The van der Waals surface area contributed by atoms with Crippen LogP contribution in [0.15, 0.2) is 10.2 Å². The predicted molar refractivity (Wildman–Crippen MR) is 89.7 cm³/mol. The first-order chi connectivity index (χ1) is 11.6. The summed E-state index contributed by atoms with van der Waals surface area (Å²) in [6, 6.07) is 0. The van der Waals surface area contributed by atoms with Gasteiger partial charge in [0, 0.05) is 12.5 Å². The van der Waals surface area contributed by atoms with Crippen molar-refractivity contribution in [3.8, 4) is 5.88 Å². The van der Waals surface area contributed by atoms with Gasteiger partial charge in [-0.15, -0.1) is 9.78 Å². The second-order valence-electron chi connectivity index (χ2n) is 6.46. The predicted octanol–water partition coefficient (Wildman–Crippen LogP) is 0.425. The number of ether oxygens (including phenoxy) is 2. The summed E-state index contributed by atoms with van der Waals surface area (Å²) in [6.45, 7) is 4.85. The molecule has 0 spiro atoms. The van der Waals surface area contributed by atoms with E-state index in [9.17, 15) is 21.6 Å². The van der Waals surface area contributed by atoms with Crippen LogP contribution in [0.25, 0.3) is 11.0 Å². The highest BCUT2D eigenvalue weighted by Gasteiger charge is 2.30. The first-order valence-corrected chi connectivity index (χ1v) is 10.9. The van der Waals surface area contributed by atoms with E-state index in [1.54, 1.807) is 20.8 Å². The smallest absolute Gasteiger partial charge is 0.437 e. The molecular weight excluding hydrogens is 388 g/mol. The van der Waals surface area contributed by atoms with Gasteiger partial charge in [0.15, 0.2) is 20.5 Å². The van der Waals surface area contributed by atoms with Crippen LogP contribution in [0.4, 0.5) is 4.79 Å². The van der Waals surface area contributed by atoms with Crippen molar-refractivity contribution in [3.05, 3.63) is 0 Å². The second kappa shape index (κ2) is 6.16. The molecule has 0 aliphatic heterocycles. The monoisotopic (exact) mass is 406 g/mol. The molecule has 0 unspecified atom stereocenters. The number of nitrogens with zero attached hydrogens (tertiary/aromatic N) is 4. The van der Waals surface area contributed by atoms with Crippen LogP contribution in [0.2, 0.25) is 0 Å². The average molecular weight is 406 g/mol. The van der Waals surface area contributed by atoms with Crippen molar-refractivity contribution in [3.63, 3.8) is 0 Å². The minimum atomic E-state index is -3.99. The van der Waals surface area contributed by atoms with Gasteiger partial charge in [-0.1, -0.05) is 0 Å². The summed E-state index contributed by atoms with van der Waals surface area (Å²) in [5, 5.41) is 2.25. The molecule has 13 heteroatoms. The Bertz CT molecular complexity index is 1100. The van der Waals surface area contributed by atoms with Gasteiger partial charge < -0.3 is 9.47 Å². The summed E-state index contributed by atoms with van der Waals surface area (Å²) >= 11 is 0. The van der Waals surface area contributed by atoms with E-state index in [1.807, 2.05) is 0 Å². The van der Waals surface area contributed by atoms with Crippen LogP contribution in [0.1, 0.15) is 20.8 Å². The molecule has 0 radical (unpaired) electrons. The van der Waals surface area contributed by atoms with Gasteiger partial charge in [-0.25, -0.2) is 26.6 Å². The molecule has 0 N–H and O–H groups in total. The number of sulfone groups is 2. The number of aromatic nitrogens is 4. The third kappa shape index (κ3) is 3.93. The third-order valence-corrected chi connectivity index (χ3v) is 4.73. The fraction of sp³-hybridized carbons (Fsp3) is 0.538. The molecule has 26 heavy (non-hydrogen) atoms. The Morgan fingerprint density at radius 3 is 2.04 bits per heavy atom. The molecular formula is C13H18N4O7S2. The van der Waals surface area contributed by atoms with E-state index in [1.165, 1.54) is 7.11 Å². The minimum Gasteiger partial charge on any atom is -0.479 e. The van der Waals surface area contributed by atoms with Crippen molar-refractivity contribution in [2.45, 2.75) is 36.6 Å². The van der Waals surface area contributed by atoms with Crippen LogP contribution < -0.4 is 4.74 Å². The quantitative estimate of drug-likeness (QED) is 0.519. The molecule has 0 saturated carbocycles. The first-order valence-electron chi connectivity index (χ1n) is 7.13. The number of methoxy groups -OCH3 is 1. The van der Waals surface area contributed by atoms with Gasteiger partial charge in [-0.2, -0.15) is 4.98 Å². The fourth-order valence-electron chi connectivity index (χ4n) is 1.95. The van der Waals surface area contributed by atoms with E-state index < -0.39 is 41.6 Å². The van der Waals surface area contributed by atoms with E-state index in [0.717, 1.165) is 12.5 Å². The number of carbonyl (C=O) groups is 1. The van der Waals surface area contributed by atoms with Crippen LogP contribution in [-0.2, 0) is 24.4 Å². The van der Waals surface area contributed by atoms with Crippen LogP contribution in [0.5, 0.6) is 5.88 Å². The lowest BCUT2D eigenvalue weighted by atomic mass is 10.2. The molecule has 2 aromatic heterocycles. The minimum absolute atomic E-state index is 0.215. The Hall–Kier alpha value is -2.28. The largest absolute Gasteiger partial charge is 0.479 e. The molecule has 0 atom stereocenters. The molecule has 0 saturated heterocycles. The van der Waals surface area contributed by atoms with E-state index in [2.05, 4.69) is 15.1 Å². The van der Waals surface area contributed by atoms with Gasteiger partial charge in [0.2, 0.25) is 20.9 Å².